The van der Waals surface area contributed by atoms with Crippen LogP contribution in [-0.2, 0) is 10.0 Å². The number of amides is 1. The number of halogens is 3. The predicted octanol–water partition coefficient (Wildman–Crippen LogP) is 2.99. The Labute approximate surface area is 217 Å². The molecule has 2 aliphatic carbocycles. The van der Waals surface area contributed by atoms with Crippen LogP contribution >= 0.6 is 0 Å². The molecule has 1 aromatic carbocycles. The first-order valence-electron chi connectivity index (χ1n) is 12.4. The fourth-order valence-electron chi connectivity index (χ4n) is 5.47. The number of aliphatic hydroxyl groups excluding tert-OH is 1. The van der Waals surface area contributed by atoms with Crippen molar-refractivity contribution in [2.24, 2.45) is 11.3 Å². The van der Waals surface area contributed by atoms with Gasteiger partial charge in [-0.2, -0.15) is 0 Å². The smallest absolute Gasteiger partial charge is 0.274 e. The number of benzene rings is 1. The minimum Gasteiger partial charge on any atom is -0.395 e. The number of sulfonamides is 1. The van der Waals surface area contributed by atoms with E-state index in [2.05, 4.69) is 10.0 Å². The summed E-state index contributed by atoms with van der Waals surface area (Å²) in [5, 5.41) is 11.6. The third-order valence-electron chi connectivity index (χ3n) is 7.85. The van der Waals surface area contributed by atoms with Gasteiger partial charge in [0.05, 0.1) is 36.0 Å². The van der Waals surface area contributed by atoms with Gasteiger partial charge in [-0.05, 0) is 49.1 Å². The van der Waals surface area contributed by atoms with E-state index in [9.17, 15) is 31.2 Å². The summed E-state index contributed by atoms with van der Waals surface area (Å²) in [5.74, 6) is -3.82. The molecule has 1 amide bonds. The van der Waals surface area contributed by atoms with Crippen molar-refractivity contribution in [3.63, 3.8) is 0 Å². The number of anilines is 3. The van der Waals surface area contributed by atoms with E-state index >= 15 is 0 Å². The second-order valence-electron chi connectivity index (χ2n) is 10.5. The molecule has 0 unspecified atom stereocenters. The van der Waals surface area contributed by atoms with Crippen LogP contribution in [-0.4, -0.2) is 62.0 Å². The maximum Gasteiger partial charge on any atom is 0.274 e. The van der Waals surface area contributed by atoms with E-state index in [-0.39, 0.29) is 28.3 Å². The van der Waals surface area contributed by atoms with Gasteiger partial charge in [0, 0.05) is 43.6 Å². The van der Waals surface area contributed by atoms with Crippen LogP contribution in [0.2, 0.25) is 0 Å². The van der Waals surface area contributed by atoms with Crippen LogP contribution in [0, 0.1) is 11.3 Å². The fraction of sp³-hybridized carbons (Fsp3) is 0.520. The maximum atomic E-state index is 13.6. The van der Waals surface area contributed by atoms with E-state index in [0.29, 0.717) is 25.2 Å². The molecule has 13 heteroatoms. The lowest BCUT2D eigenvalue weighted by Gasteiger charge is -2.36. The summed E-state index contributed by atoms with van der Waals surface area (Å²) in [5.41, 5.74) is -0.207. The van der Waals surface area contributed by atoms with Gasteiger partial charge >= 0.3 is 0 Å². The number of hydrogen-bond donors (Lipinski definition) is 3. The molecule has 3 N–H and O–H groups in total. The molecule has 2 heterocycles. The molecular formula is C25H29F3N4O5S. The van der Waals surface area contributed by atoms with E-state index in [0.717, 1.165) is 6.42 Å². The molecule has 2 aromatic rings. The van der Waals surface area contributed by atoms with Gasteiger partial charge in [0.25, 0.3) is 17.4 Å². The van der Waals surface area contributed by atoms with Gasteiger partial charge in [-0.3, -0.25) is 18.7 Å². The van der Waals surface area contributed by atoms with E-state index < -0.39 is 65.3 Å². The zero-order chi connectivity index (χ0) is 27.3. The fourth-order valence-corrected chi connectivity index (χ4v) is 6.30. The summed E-state index contributed by atoms with van der Waals surface area (Å²) in [7, 11) is -3.82. The van der Waals surface area contributed by atoms with E-state index in [4.69, 9.17) is 5.11 Å². The molecular weight excluding hydrogens is 525 g/mol. The summed E-state index contributed by atoms with van der Waals surface area (Å²) >= 11 is 0. The molecule has 1 saturated heterocycles. The Morgan fingerprint density at radius 2 is 1.95 bits per heavy atom. The van der Waals surface area contributed by atoms with Gasteiger partial charge in [0.2, 0.25) is 10.0 Å². The third-order valence-corrected chi connectivity index (χ3v) is 9.11. The molecule has 2 saturated carbocycles. The number of nitrogens with zero attached hydrogens (tertiary/aromatic N) is 2. The highest BCUT2D eigenvalue weighted by Crippen LogP contribution is 2.58. The van der Waals surface area contributed by atoms with Crippen molar-refractivity contribution in [3.8, 4) is 0 Å². The molecule has 3 fully saturated rings. The first-order valence-corrected chi connectivity index (χ1v) is 14.1. The van der Waals surface area contributed by atoms with Crippen molar-refractivity contribution < 1.29 is 31.5 Å². The summed E-state index contributed by atoms with van der Waals surface area (Å²) in [6.07, 6.45) is 1.85. The molecule has 2 atom stereocenters. The molecule has 1 aliphatic heterocycles. The summed E-state index contributed by atoms with van der Waals surface area (Å²) in [6.45, 7) is -0.0192. The molecule has 0 bridgehead atoms. The van der Waals surface area contributed by atoms with Gasteiger partial charge in [-0.25, -0.2) is 17.2 Å². The molecule has 1 aromatic heterocycles. The number of rotatable bonds is 9. The van der Waals surface area contributed by atoms with Crippen molar-refractivity contribution in [2.45, 2.75) is 37.6 Å². The number of carbonyl (C=O) groups excluding carboxylic acids is 1. The molecule has 0 radical (unpaired) electrons. The SMILES string of the molecule is O=C(Nc1cccn(C2CC(F)(F)C2)c1=O)c1ccc(NS(=O)(=O)CCO)cc1N1CC[C@@]2(CF)C[C@H]2C1. The van der Waals surface area contributed by atoms with Gasteiger partial charge in [-0.15, -0.1) is 0 Å². The summed E-state index contributed by atoms with van der Waals surface area (Å²) in [6, 6.07) is 6.58. The second kappa shape index (κ2) is 9.60. The standard InChI is InChI=1S/C25H29F3N4O5S/c26-15-24-5-7-31(14-16(24)11-24)21-10-17(30-38(36,37)9-8-33)3-4-19(21)22(34)29-20-2-1-6-32(23(20)35)18-12-25(27,28)13-18/h1-4,6,10,16,18,30,33H,5,7-9,11-15H2,(H,29,34)/t16-,24-/m0/s1. The van der Waals surface area contributed by atoms with E-state index in [1.165, 1.54) is 41.1 Å². The van der Waals surface area contributed by atoms with Gasteiger partial charge in [0.15, 0.2) is 0 Å². The minimum atomic E-state index is -3.82. The van der Waals surface area contributed by atoms with Crippen LogP contribution < -0.4 is 20.5 Å². The van der Waals surface area contributed by atoms with Gasteiger partial charge < -0.3 is 19.9 Å². The summed E-state index contributed by atoms with van der Waals surface area (Å²) < 4.78 is 68.2. The number of alkyl halides is 3. The van der Waals surface area contributed by atoms with Crippen LogP contribution in [0.25, 0.3) is 0 Å². The van der Waals surface area contributed by atoms with Crippen molar-refractivity contribution in [3.05, 3.63) is 52.4 Å². The van der Waals surface area contributed by atoms with Crippen molar-refractivity contribution in [2.75, 3.05) is 47.1 Å². The van der Waals surface area contributed by atoms with Crippen LogP contribution in [0.4, 0.5) is 30.2 Å². The first kappa shape index (κ1) is 26.5. The van der Waals surface area contributed by atoms with Gasteiger partial charge in [-0.1, -0.05) is 0 Å². The van der Waals surface area contributed by atoms with Crippen molar-refractivity contribution in [1.29, 1.82) is 0 Å². The highest BCUT2D eigenvalue weighted by atomic mass is 32.2. The third kappa shape index (κ3) is 5.13. The Bertz CT molecular complexity index is 1410. The Balaban J connectivity index is 1.42. The van der Waals surface area contributed by atoms with E-state index in [1.807, 2.05) is 4.90 Å². The number of carbonyl (C=O) groups is 1. The second-order valence-corrected chi connectivity index (χ2v) is 12.3. The Morgan fingerprint density at radius 3 is 2.61 bits per heavy atom. The van der Waals surface area contributed by atoms with Crippen LogP contribution in [0.5, 0.6) is 0 Å². The predicted molar refractivity (Wildman–Crippen MR) is 136 cm³/mol. The highest BCUT2D eigenvalue weighted by Gasteiger charge is 2.56. The average Bonchev–Trinajstić information content (AvgIpc) is 3.58. The largest absolute Gasteiger partial charge is 0.395 e. The number of hydrogen-bond acceptors (Lipinski definition) is 6. The minimum absolute atomic E-state index is 0.0660. The van der Waals surface area contributed by atoms with Crippen LogP contribution in [0.3, 0.4) is 0 Å². The molecule has 5 rings (SSSR count). The number of pyridine rings is 1. The zero-order valence-electron chi connectivity index (χ0n) is 20.5. The topological polar surface area (TPSA) is 121 Å². The average molecular weight is 555 g/mol. The van der Waals surface area contributed by atoms with Crippen molar-refractivity contribution >= 4 is 33.0 Å². The zero-order valence-corrected chi connectivity index (χ0v) is 21.3. The molecule has 3 aliphatic rings. The number of aromatic nitrogens is 1. The maximum absolute atomic E-state index is 13.6. The number of nitrogens with one attached hydrogen (secondary N) is 2. The number of piperidine rings is 1. The summed E-state index contributed by atoms with van der Waals surface area (Å²) in [4.78, 5) is 28.2. The first-order chi connectivity index (χ1) is 18.0. The van der Waals surface area contributed by atoms with Crippen molar-refractivity contribution in [1.82, 2.24) is 4.57 Å². The lowest BCUT2D eigenvalue weighted by molar-refractivity contribution is -0.104. The normalized spacial score (nSPS) is 24.3. The Morgan fingerprint density at radius 1 is 1.18 bits per heavy atom. The van der Waals surface area contributed by atoms with Crippen LogP contribution in [0.1, 0.15) is 42.1 Å². The number of aliphatic hydroxyl groups is 1. The lowest BCUT2D eigenvalue weighted by atomic mass is 9.88. The van der Waals surface area contributed by atoms with E-state index in [1.54, 1.807) is 0 Å². The molecule has 0 spiro atoms. The lowest BCUT2D eigenvalue weighted by Crippen LogP contribution is -2.41. The van der Waals surface area contributed by atoms with Gasteiger partial charge in [0.1, 0.15) is 5.69 Å². The molecule has 206 valence electrons. The Kier molecular flexibility index (Phi) is 6.70. The highest BCUT2D eigenvalue weighted by molar-refractivity contribution is 7.92. The number of fused-ring (bicyclic) bond motifs is 1. The molecule has 9 nitrogen and oxygen atoms in total. The Hall–Kier alpha value is -3.06. The quantitative estimate of drug-likeness (QED) is 0.438. The molecule has 38 heavy (non-hydrogen) atoms. The van der Waals surface area contributed by atoms with Crippen LogP contribution in [0.15, 0.2) is 41.3 Å². The monoisotopic (exact) mass is 554 g/mol.